The highest BCUT2D eigenvalue weighted by molar-refractivity contribution is 9.10. The number of rotatable bonds is 5. The number of nitrogens with one attached hydrogen (secondary N) is 1. The normalized spacial score (nSPS) is 13.1. The lowest BCUT2D eigenvalue weighted by Crippen LogP contribution is -2.27. The first-order valence-electron chi connectivity index (χ1n) is 5.75. The Bertz CT molecular complexity index is 339. The molecule has 0 aliphatic carbocycles. The summed E-state index contributed by atoms with van der Waals surface area (Å²) in [6.45, 7) is 7.23. The van der Waals surface area contributed by atoms with Crippen LogP contribution in [0.1, 0.15) is 38.8 Å². The summed E-state index contributed by atoms with van der Waals surface area (Å²) in [5, 5.41) is 3.39. The van der Waals surface area contributed by atoms with Gasteiger partial charge < -0.3 is 5.32 Å². The summed E-state index contributed by atoms with van der Waals surface area (Å²) in [6.07, 6.45) is 1.05. The highest BCUT2D eigenvalue weighted by Gasteiger charge is 2.19. The topological polar surface area (TPSA) is 12.0 Å². The van der Waals surface area contributed by atoms with Crippen LogP contribution in [-0.4, -0.2) is 6.54 Å². The zero-order valence-electron chi connectivity index (χ0n) is 10.1. The highest BCUT2D eigenvalue weighted by atomic mass is 79.9. The maximum atomic E-state index is 14.0. The molecule has 3 heteroatoms. The van der Waals surface area contributed by atoms with E-state index >= 15 is 0 Å². The van der Waals surface area contributed by atoms with Gasteiger partial charge in [-0.15, -0.1) is 0 Å². The summed E-state index contributed by atoms with van der Waals surface area (Å²) >= 11 is 3.23. The summed E-state index contributed by atoms with van der Waals surface area (Å²) in [6, 6.07) is 5.55. The Kier molecular flexibility index (Phi) is 5.42. The van der Waals surface area contributed by atoms with Gasteiger partial charge in [0.1, 0.15) is 5.82 Å². The molecular formula is C13H19BrFN. The maximum Gasteiger partial charge on any atom is 0.142 e. The van der Waals surface area contributed by atoms with Crippen molar-refractivity contribution >= 4 is 15.9 Å². The van der Waals surface area contributed by atoms with E-state index in [0.717, 1.165) is 18.5 Å². The summed E-state index contributed by atoms with van der Waals surface area (Å²) in [7, 11) is 0. The molecule has 1 nitrogen and oxygen atoms in total. The molecule has 1 atom stereocenters. The molecule has 1 rings (SSSR count). The molecule has 0 aromatic heterocycles. The van der Waals surface area contributed by atoms with Crippen molar-refractivity contribution in [2.45, 2.75) is 33.2 Å². The second kappa shape index (κ2) is 6.36. The Balaban J connectivity index is 2.96. The van der Waals surface area contributed by atoms with Crippen LogP contribution in [0.3, 0.4) is 0 Å². The maximum absolute atomic E-state index is 14.0. The van der Waals surface area contributed by atoms with Crippen molar-refractivity contribution in [2.24, 2.45) is 5.92 Å². The lowest BCUT2D eigenvalue weighted by atomic mass is 9.95. The van der Waals surface area contributed by atoms with E-state index in [9.17, 15) is 4.39 Å². The van der Waals surface area contributed by atoms with E-state index in [2.05, 4.69) is 42.0 Å². The molecule has 16 heavy (non-hydrogen) atoms. The van der Waals surface area contributed by atoms with Crippen molar-refractivity contribution in [1.29, 1.82) is 0 Å². The first-order valence-corrected chi connectivity index (χ1v) is 6.54. The molecular weight excluding hydrogens is 269 g/mol. The van der Waals surface area contributed by atoms with E-state index in [1.165, 1.54) is 0 Å². The summed E-state index contributed by atoms with van der Waals surface area (Å²) in [4.78, 5) is 0. The molecule has 0 saturated carbocycles. The number of benzene rings is 1. The average molecular weight is 288 g/mol. The molecule has 0 aliphatic rings. The molecule has 1 N–H and O–H groups in total. The van der Waals surface area contributed by atoms with Crippen LogP contribution < -0.4 is 5.32 Å². The largest absolute Gasteiger partial charge is 0.310 e. The van der Waals surface area contributed by atoms with Crippen LogP contribution in [0.25, 0.3) is 0 Å². The van der Waals surface area contributed by atoms with Gasteiger partial charge in [0.15, 0.2) is 0 Å². The summed E-state index contributed by atoms with van der Waals surface area (Å²) in [5.41, 5.74) is 0.748. The second-order valence-electron chi connectivity index (χ2n) is 4.32. The van der Waals surface area contributed by atoms with Crippen molar-refractivity contribution in [3.05, 3.63) is 34.1 Å². The number of halogens is 2. The molecule has 0 aliphatic heterocycles. The molecule has 0 fully saturated rings. The molecule has 0 amide bonds. The van der Waals surface area contributed by atoms with Gasteiger partial charge in [-0.05, 0) is 40.9 Å². The van der Waals surface area contributed by atoms with Crippen LogP contribution >= 0.6 is 15.9 Å². The molecule has 0 heterocycles. The molecule has 0 saturated heterocycles. The van der Waals surface area contributed by atoms with Crippen molar-refractivity contribution in [2.75, 3.05) is 6.54 Å². The van der Waals surface area contributed by atoms with Crippen molar-refractivity contribution < 1.29 is 4.39 Å². The van der Waals surface area contributed by atoms with Gasteiger partial charge in [0.05, 0.1) is 4.47 Å². The number of hydrogen-bond acceptors (Lipinski definition) is 1. The second-order valence-corrected chi connectivity index (χ2v) is 5.17. The minimum absolute atomic E-state index is 0.0810. The van der Waals surface area contributed by atoms with Crippen LogP contribution in [-0.2, 0) is 0 Å². The molecule has 0 radical (unpaired) electrons. The smallest absolute Gasteiger partial charge is 0.142 e. The van der Waals surface area contributed by atoms with Gasteiger partial charge in [0.25, 0.3) is 0 Å². The standard InChI is InChI=1S/C13H19BrFN/c1-4-8-16-13(9(2)3)10-6-5-7-11(14)12(10)15/h5-7,9,13,16H,4,8H2,1-3H3. The lowest BCUT2D eigenvalue weighted by molar-refractivity contribution is 0.397. The van der Waals surface area contributed by atoms with Crippen molar-refractivity contribution in [3.8, 4) is 0 Å². The van der Waals surface area contributed by atoms with Gasteiger partial charge in [-0.1, -0.05) is 32.9 Å². The summed E-state index contributed by atoms with van der Waals surface area (Å²) in [5.74, 6) is 0.222. The van der Waals surface area contributed by atoms with Gasteiger partial charge in [-0.25, -0.2) is 4.39 Å². The van der Waals surface area contributed by atoms with Gasteiger partial charge in [-0.2, -0.15) is 0 Å². The minimum Gasteiger partial charge on any atom is -0.310 e. The Morgan fingerprint density at radius 1 is 1.38 bits per heavy atom. The fraction of sp³-hybridized carbons (Fsp3) is 0.538. The Hall–Kier alpha value is -0.410. The molecule has 90 valence electrons. The minimum atomic E-state index is -0.148. The first-order chi connectivity index (χ1) is 7.57. The van der Waals surface area contributed by atoms with Gasteiger partial charge in [-0.3, -0.25) is 0 Å². The van der Waals surface area contributed by atoms with E-state index < -0.39 is 0 Å². The fourth-order valence-corrected chi connectivity index (χ4v) is 2.15. The average Bonchev–Trinajstić information content (AvgIpc) is 2.24. The fourth-order valence-electron chi connectivity index (χ4n) is 1.77. The van der Waals surface area contributed by atoms with Gasteiger partial charge >= 0.3 is 0 Å². The Labute approximate surface area is 106 Å². The predicted molar refractivity (Wildman–Crippen MR) is 70.0 cm³/mol. The highest BCUT2D eigenvalue weighted by Crippen LogP contribution is 2.28. The SMILES string of the molecule is CCCNC(c1cccc(Br)c1F)C(C)C. The van der Waals surface area contributed by atoms with Crippen LogP contribution in [0.4, 0.5) is 4.39 Å². The summed E-state index contributed by atoms with van der Waals surface area (Å²) < 4.78 is 14.5. The van der Waals surface area contributed by atoms with Crippen LogP contribution in [0.15, 0.2) is 22.7 Å². The number of hydrogen-bond donors (Lipinski definition) is 1. The van der Waals surface area contributed by atoms with E-state index in [1.54, 1.807) is 6.07 Å². The van der Waals surface area contributed by atoms with Crippen LogP contribution in [0.5, 0.6) is 0 Å². The van der Waals surface area contributed by atoms with Crippen LogP contribution in [0.2, 0.25) is 0 Å². The van der Waals surface area contributed by atoms with E-state index in [1.807, 2.05) is 12.1 Å². The first kappa shape index (κ1) is 13.7. The van der Waals surface area contributed by atoms with E-state index in [0.29, 0.717) is 10.4 Å². The Morgan fingerprint density at radius 3 is 2.62 bits per heavy atom. The third-order valence-corrected chi connectivity index (χ3v) is 3.21. The molecule has 1 unspecified atom stereocenters. The lowest BCUT2D eigenvalue weighted by Gasteiger charge is -2.23. The quantitative estimate of drug-likeness (QED) is 0.852. The molecule has 1 aromatic rings. The zero-order chi connectivity index (χ0) is 12.1. The third-order valence-electron chi connectivity index (χ3n) is 2.60. The predicted octanol–water partition coefficient (Wildman–Crippen LogP) is 4.28. The van der Waals surface area contributed by atoms with E-state index in [-0.39, 0.29) is 11.9 Å². The Morgan fingerprint density at radius 2 is 2.06 bits per heavy atom. The van der Waals surface area contributed by atoms with Gasteiger partial charge in [0.2, 0.25) is 0 Å². The van der Waals surface area contributed by atoms with Crippen LogP contribution in [0, 0.1) is 11.7 Å². The van der Waals surface area contributed by atoms with Crippen molar-refractivity contribution in [1.82, 2.24) is 5.32 Å². The monoisotopic (exact) mass is 287 g/mol. The molecule has 1 aromatic carbocycles. The molecule has 0 bridgehead atoms. The zero-order valence-corrected chi connectivity index (χ0v) is 11.6. The van der Waals surface area contributed by atoms with Gasteiger partial charge in [0, 0.05) is 11.6 Å². The molecule has 0 spiro atoms. The van der Waals surface area contributed by atoms with Crippen molar-refractivity contribution in [3.63, 3.8) is 0 Å². The third kappa shape index (κ3) is 3.29. The van der Waals surface area contributed by atoms with E-state index in [4.69, 9.17) is 0 Å².